The number of aromatic amines is 1. The number of benzene rings is 1. The number of imidazole rings is 1. The van der Waals surface area contributed by atoms with E-state index in [2.05, 4.69) is 51.7 Å². The van der Waals surface area contributed by atoms with Crippen molar-refractivity contribution in [2.24, 2.45) is 0 Å². The van der Waals surface area contributed by atoms with Crippen LogP contribution in [0.2, 0.25) is 5.02 Å². The number of thioether (sulfide) groups is 1. The number of carbonyl (C=O) groups excluding carboxylic acids is 1. The lowest BCUT2D eigenvalue weighted by atomic mass is 10.1. The van der Waals surface area contributed by atoms with Crippen LogP contribution >= 0.6 is 23.4 Å². The van der Waals surface area contributed by atoms with Gasteiger partial charge in [0.1, 0.15) is 0 Å². The summed E-state index contributed by atoms with van der Waals surface area (Å²) in [5.41, 5.74) is 2.92. The Balaban J connectivity index is 1.69. The number of halogens is 1. The van der Waals surface area contributed by atoms with E-state index in [-0.39, 0.29) is 4.75 Å². The number of nitrogens with zero attached hydrogens (tertiary/aromatic N) is 3. The van der Waals surface area contributed by atoms with Crippen LogP contribution in [0.15, 0.2) is 17.3 Å². The van der Waals surface area contributed by atoms with E-state index in [4.69, 9.17) is 16.6 Å². The normalized spacial score (nSPS) is 15.7. The molecule has 1 aromatic carbocycles. The SMILES string of the molecule is CCN1CCN(c2cc3nc(SC(C)(C)CCNC(=O)OC)[nH]c3cc2Cl)CC1. The first kappa shape index (κ1) is 22.1. The number of anilines is 1. The molecule has 2 N–H and O–H groups in total. The molecule has 1 fully saturated rings. The van der Waals surface area contributed by atoms with E-state index in [9.17, 15) is 4.79 Å². The molecule has 2 heterocycles. The Labute approximate surface area is 181 Å². The van der Waals surface area contributed by atoms with E-state index >= 15 is 0 Å². The zero-order chi connectivity index (χ0) is 21.0. The third-order valence-electron chi connectivity index (χ3n) is 5.24. The average Bonchev–Trinajstić information content (AvgIpc) is 3.07. The molecule has 3 rings (SSSR count). The smallest absolute Gasteiger partial charge is 0.406 e. The number of carbonyl (C=O) groups is 1. The first-order chi connectivity index (χ1) is 13.8. The van der Waals surface area contributed by atoms with E-state index in [1.165, 1.54) is 7.11 Å². The van der Waals surface area contributed by atoms with Crippen LogP contribution < -0.4 is 10.2 Å². The number of H-pyrrole nitrogens is 1. The molecule has 1 saturated heterocycles. The molecule has 29 heavy (non-hydrogen) atoms. The zero-order valence-corrected chi connectivity index (χ0v) is 19.1. The summed E-state index contributed by atoms with van der Waals surface area (Å²) >= 11 is 8.26. The number of amides is 1. The summed E-state index contributed by atoms with van der Waals surface area (Å²) in [7, 11) is 1.37. The van der Waals surface area contributed by atoms with Crippen LogP contribution in [-0.4, -0.2) is 72.1 Å². The second kappa shape index (κ2) is 9.45. The summed E-state index contributed by atoms with van der Waals surface area (Å²) in [5, 5.41) is 4.34. The maximum atomic E-state index is 11.2. The van der Waals surface area contributed by atoms with Crippen molar-refractivity contribution in [1.29, 1.82) is 0 Å². The highest BCUT2D eigenvalue weighted by molar-refractivity contribution is 8.00. The van der Waals surface area contributed by atoms with Crippen LogP contribution in [0.4, 0.5) is 10.5 Å². The van der Waals surface area contributed by atoms with Crippen LogP contribution in [0.5, 0.6) is 0 Å². The fourth-order valence-corrected chi connectivity index (χ4v) is 4.76. The molecule has 9 heteroatoms. The number of ether oxygens (including phenoxy) is 1. The lowest BCUT2D eigenvalue weighted by Gasteiger charge is -2.35. The van der Waals surface area contributed by atoms with E-state index < -0.39 is 6.09 Å². The molecule has 0 unspecified atom stereocenters. The van der Waals surface area contributed by atoms with Crippen molar-refractivity contribution in [3.63, 3.8) is 0 Å². The van der Waals surface area contributed by atoms with Crippen LogP contribution in [0.1, 0.15) is 27.2 Å². The fraction of sp³-hybridized carbons (Fsp3) is 0.600. The number of aromatic nitrogens is 2. The van der Waals surface area contributed by atoms with Gasteiger partial charge in [-0.25, -0.2) is 9.78 Å². The van der Waals surface area contributed by atoms with Gasteiger partial charge in [0.25, 0.3) is 0 Å². The maximum Gasteiger partial charge on any atom is 0.406 e. The molecule has 0 saturated carbocycles. The van der Waals surface area contributed by atoms with Gasteiger partial charge in [-0.15, -0.1) is 0 Å². The van der Waals surface area contributed by atoms with Crippen molar-refractivity contribution >= 4 is 46.2 Å². The highest BCUT2D eigenvalue weighted by Crippen LogP contribution is 2.36. The number of nitrogens with one attached hydrogen (secondary N) is 2. The van der Waals surface area contributed by atoms with E-state index in [0.29, 0.717) is 6.54 Å². The molecule has 1 aromatic heterocycles. The van der Waals surface area contributed by atoms with Crippen molar-refractivity contribution < 1.29 is 9.53 Å². The number of methoxy groups -OCH3 is 1. The largest absolute Gasteiger partial charge is 0.453 e. The third kappa shape index (κ3) is 5.71. The number of piperazine rings is 1. The first-order valence-electron chi connectivity index (χ1n) is 9.98. The number of hydrogen-bond donors (Lipinski definition) is 2. The van der Waals surface area contributed by atoms with Gasteiger partial charge in [-0.2, -0.15) is 0 Å². The van der Waals surface area contributed by atoms with Gasteiger partial charge >= 0.3 is 6.09 Å². The average molecular weight is 440 g/mol. The van der Waals surface area contributed by atoms with Crippen molar-refractivity contribution in [1.82, 2.24) is 20.2 Å². The van der Waals surface area contributed by atoms with Crippen molar-refractivity contribution in [2.75, 3.05) is 51.3 Å². The molecular weight excluding hydrogens is 410 g/mol. The monoisotopic (exact) mass is 439 g/mol. The summed E-state index contributed by atoms with van der Waals surface area (Å²) < 4.78 is 4.51. The van der Waals surface area contributed by atoms with Gasteiger partial charge in [0.2, 0.25) is 0 Å². The second-order valence-corrected chi connectivity index (χ2v) is 9.92. The number of fused-ring (bicyclic) bond motifs is 1. The Morgan fingerprint density at radius 1 is 1.34 bits per heavy atom. The predicted octanol–water partition coefficient (Wildman–Crippen LogP) is 3.98. The minimum atomic E-state index is -0.406. The minimum absolute atomic E-state index is 0.0992. The number of alkyl carbamates (subject to hydrolysis) is 1. The van der Waals surface area contributed by atoms with Crippen LogP contribution in [0.25, 0.3) is 11.0 Å². The Morgan fingerprint density at radius 2 is 2.07 bits per heavy atom. The highest BCUT2D eigenvalue weighted by Gasteiger charge is 2.23. The molecular formula is C20H30ClN5O2S. The summed E-state index contributed by atoms with van der Waals surface area (Å²) in [6, 6.07) is 4.06. The molecule has 1 aliphatic rings. The molecule has 0 atom stereocenters. The molecule has 1 aliphatic heterocycles. The molecule has 0 spiro atoms. The Bertz CT molecular complexity index is 849. The molecule has 7 nitrogen and oxygen atoms in total. The van der Waals surface area contributed by atoms with Gasteiger partial charge in [-0.1, -0.05) is 44.1 Å². The van der Waals surface area contributed by atoms with E-state index in [1.54, 1.807) is 11.8 Å². The molecule has 1 amide bonds. The first-order valence-corrected chi connectivity index (χ1v) is 11.2. The standard InChI is InChI=1S/C20H30ClN5O2S/c1-5-25-8-10-26(11-9-25)17-13-16-15(12-14(17)21)23-18(24-16)29-20(2,3)6-7-22-19(27)28-4/h12-13H,5-11H2,1-4H3,(H,22,27)(H,23,24). The van der Waals surface area contributed by atoms with Crippen LogP contribution in [0, 0.1) is 0 Å². The van der Waals surface area contributed by atoms with Crippen molar-refractivity contribution in [3.8, 4) is 0 Å². The molecule has 0 radical (unpaired) electrons. The van der Waals surface area contributed by atoms with Gasteiger partial charge in [0.05, 0.1) is 28.9 Å². The summed E-state index contributed by atoms with van der Waals surface area (Å²) in [5.74, 6) is 0. The number of rotatable bonds is 7. The summed E-state index contributed by atoms with van der Waals surface area (Å²) in [6.45, 7) is 12.2. The fourth-order valence-electron chi connectivity index (χ4n) is 3.44. The van der Waals surface area contributed by atoms with Crippen molar-refractivity contribution in [3.05, 3.63) is 17.2 Å². The lowest BCUT2D eigenvalue weighted by molar-refractivity contribution is 0.170. The van der Waals surface area contributed by atoms with Crippen LogP contribution in [-0.2, 0) is 4.74 Å². The van der Waals surface area contributed by atoms with Crippen LogP contribution in [0.3, 0.4) is 0 Å². The molecule has 160 valence electrons. The van der Waals surface area contributed by atoms with Gasteiger partial charge < -0.3 is 24.8 Å². The Kier molecular flexibility index (Phi) is 7.19. The second-order valence-electron chi connectivity index (χ2n) is 7.81. The molecule has 2 aromatic rings. The van der Waals surface area contributed by atoms with Gasteiger partial charge in [-0.05, 0) is 25.1 Å². The predicted molar refractivity (Wildman–Crippen MR) is 120 cm³/mol. The maximum absolute atomic E-state index is 11.2. The zero-order valence-electron chi connectivity index (χ0n) is 17.5. The molecule has 0 aliphatic carbocycles. The summed E-state index contributed by atoms with van der Waals surface area (Å²) in [6.07, 6.45) is 0.383. The van der Waals surface area contributed by atoms with Gasteiger partial charge in [0, 0.05) is 37.5 Å². The topological polar surface area (TPSA) is 73.5 Å². The number of hydrogen-bond acceptors (Lipinski definition) is 6. The van der Waals surface area contributed by atoms with Gasteiger partial charge in [0.15, 0.2) is 5.16 Å². The third-order valence-corrected chi connectivity index (χ3v) is 6.69. The summed E-state index contributed by atoms with van der Waals surface area (Å²) in [4.78, 5) is 24.2. The Morgan fingerprint density at radius 3 is 2.72 bits per heavy atom. The van der Waals surface area contributed by atoms with E-state index in [1.807, 2.05) is 6.07 Å². The van der Waals surface area contributed by atoms with Crippen molar-refractivity contribution in [2.45, 2.75) is 37.1 Å². The highest BCUT2D eigenvalue weighted by atomic mass is 35.5. The lowest BCUT2D eigenvalue weighted by Crippen LogP contribution is -2.46. The van der Waals surface area contributed by atoms with E-state index in [0.717, 1.165) is 66.0 Å². The molecule has 0 bridgehead atoms. The Hall–Kier alpha value is -1.64. The quantitative estimate of drug-likeness (QED) is 0.636. The number of likely N-dealkylation sites (N-methyl/N-ethyl adjacent to an activating group) is 1. The minimum Gasteiger partial charge on any atom is -0.453 e. The van der Waals surface area contributed by atoms with Gasteiger partial charge in [-0.3, -0.25) is 0 Å².